The van der Waals surface area contributed by atoms with Gasteiger partial charge in [0.05, 0.1) is 12.5 Å². The number of alkyl halides is 3. The molecule has 1 saturated heterocycles. The van der Waals surface area contributed by atoms with Crippen molar-refractivity contribution in [2.24, 2.45) is 0 Å². The molecular formula is C20H25F4N3O3. The molecule has 1 aromatic heterocycles. The van der Waals surface area contributed by atoms with E-state index in [-0.39, 0.29) is 23.4 Å². The quantitative estimate of drug-likeness (QED) is 0.629. The molecule has 1 fully saturated rings. The van der Waals surface area contributed by atoms with E-state index in [1.165, 1.54) is 6.07 Å². The van der Waals surface area contributed by atoms with Gasteiger partial charge in [-0.1, -0.05) is 6.07 Å². The van der Waals surface area contributed by atoms with Crippen LogP contribution >= 0.6 is 0 Å². The van der Waals surface area contributed by atoms with Crippen LogP contribution in [0.2, 0.25) is 0 Å². The van der Waals surface area contributed by atoms with Crippen molar-refractivity contribution in [3.63, 3.8) is 0 Å². The van der Waals surface area contributed by atoms with E-state index in [1.807, 2.05) is 6.92 Å². The topological polar surface area (TPSA) is 60.6 Å². The Morgan fingerprint density at radius 3 is 2.47 bits per heavy atom. The molecule has 0 aliphatic carbocycles. The Hall–Kier alpha value is -2.36. The fourth-order valence-electron chi connectivity index (χ4n) is 3.62. The van der Waals surface area contributed by atoms with E-state index in [0.717, 1.165) is 12.1 Å². The summed E-state index contributed by atoms with van der Waals surface area (Å²) in [6, 6.07) is 3.76. The first-order chi connectivity index (χ1) is 14.0. The molecule has 1 aliphatic heterocycles. The van der Waals surface area contributed by atoms with E-state index in [9.17, 15) is 17.6 Å². The van der Waals surface area contributed by atoms with Gasteiger partial charge < -0.3 is 14.0 Å². The third kappa shape index (κ3) is 5.41. The summed E-state index contributed by atoms with van der Waals surface area (Å²) in [6.45, 7) is 9.68. The molecule has 6 nitrogen and oxygen atoms in total. The van der Waals surface area contributed by atoms with Crippen LogP contribution in [0.1, 0.15) is 57.4 Å². The van der Waals surface area contributed by atoms with E-state index < -0.39 is 17.9 Å². The lowest BCUT2D eigenvalue weighted by atomic mass is 9.82. The third-order valence-corrected chi connectivity index (χ3v) is 5.10. The monoisotopic (exact) mass is 431 g/mol. The van der Waals surface area contributed by atoms with Crippen molar-refractivity contribution in [2.45, 2.75) is 57.9 Å². The summed E-state index contributed by atoms with van der Waals surface area (Å²) in [5, 5.41) is 3.82. The van der Waals surface area contributed by atoms with Gasteiger partial charge in [0, 0.05) is 18.6 Å². The van der Waals surface area contributed by atoms with Gasteiger partial charge in [-0.2, -0.15) is 4.98 Å². The van der Waals surface area contributed by atoms with Crippen molar-refractivity contribution in [1.29, 1.82) is 0 Å². The fraction of sp³-hybridized carbons (Fsp3) is 0.600. The maximum Gasteiger partial charge on any atom is 0.573 e. The van der Waals surface area contributed by atoms with Gasteiger partial charge in [0.15, 0.2) is 11.6 Å². The predicted octanol–water partition coefficient (Wildman–Crippen LogP) is 4.88. The van der Waals surface area contributed by atoms with Crippen molar-refractivity contribution in [1.82, 2.24) is 15.0 Å². The molecule has 2 atom stereocenters. The number of rotatable bonds is 5. The van der Waals surface area contributed by atoms with E-state index in [4.69, 9.17) is 9.26 Å². The first kappa shape index (κ1) is 22.3. The van der Waals surface area contributed by atoms with Crippen LogP contribution in [0.15, 0.2) is 22.7 Å². The molecule has 0 N–H and O–H groups in total. The second-order valence-electron chi connectivity index (χ2n) is 8.29. The number of piperidine rings is 1. The number of benzene rings is 1. The van der Waals surface area contributed by atoms with Crippen LogP contribution in [-0.4, -0.2) is 46.6 Å². The highest BCUT2D eigenvalue weighted by atomic mass is 19.4. The Labute approximate surface area is 172 Å². The lowest BCUT2D eigenvalue weighted by Gasteiger charge is -2.44. The molecule has 2 unspecified atom stereocenters. The van der Waals surface area contributed by atoms with Gasteiger partial charge in [-0.3, -0.25) is 4.90 Å². The van der Waals surface area contributed by atoms with Gasteiger partial charge in [0.25, 0.3) is 0 Å². The molecular weight excluding hydrogens is 406 g/mol. The predicted molar refractivity (Wildman–Crippen MR) is 100.0 cm³/mol. The first-order valence-corrected chi connectivity index (χ1v) is 9.73. The number of likely N-dealkylation sites (tertiary alicyclic amines) is 1. The van der Waals surface area contributed by atoms with Gasteiger partial charge in [-0.05, 0) is 62.9 Å². The zero-order valence-corrected chi connectivity index (χ0v) is 17.3. The molecule has 0 saturated carbocycles. The Bertz CT molecular complexity index is 864. The average molecular weight is 431 g/mol. The van der Waals surface area contributed by atoms with Crippen LogP contribution in [0.5, 0.6) is 11.8 Å². The molecule has 2 aromatic rings. The van der Waals surface area contributed by atoms with Crippen molar-refractivity contribution in [3.05, 3.63) is 35.5 Å². The van der Waals surface area contributed by atoms with Crippen molar-refractivity contribution >= 4 is 0 Å². The number of aromatic nitrogens is 2. The first-order valence-electron chi connectivity index (χ1n) is 9.73. The third-order valence-electron chi connectivity index (χ3n) is 5.10. The Balaban J connectivity index is 1.86. The molecule has 0 bridgehead atoms. The van der Waals surface area contributed by atoms with Crippen LogP contribution in [0.4, 0.5) is 17.6 Å². The fourth-order valence-corrected chi connectivity index (χ4v) is 3.62. The van der Waals surface area contributed by atoms with Crippen molar-refractivity contribution in [3.8, 4) is 11.8 Å². The van der Waals surface area contributed by atoms with Crippen LogP contribution in [0.25, 0.3) is 0 Å². The van der Waals surface area contributed by atoms with Gasteiger partial charge in [0.2, 0.25) is 5.89 Å². The minimum atomic E-state index is -4.95. The highest BCUT2D eigenvalue weighted by Crippen LogP contribution is 2.39. The Morgan fingerprint density at radius 2 is 1.87 bits per heavy atom. The molecule has 3 rings (SSSR count). The smallest absolute Gasteiger partial charge is 0.462 e. The second-order valence-corrected chi connectivity index (χ2v) is 8.29. The number of nitrogens with zero attached hydrogens (tertiary/aromatic N) is 3. The summed E-state index contributed by atoms with van der Waals surface area (Å²) in [6.07, 6.45) is -4.36. The minimum Gasteiger partial charge on any atom is -0.462 e. The second kappa shape index (κ2) is 8.41. The van der Waals surface area contributed by atoms with Crippen LogP contribution in [-0.2, 0) is 0 Å². The lowest BCUT2D eigenvalue weighted by molar-refractivity contribution is -0.275. The largest absolute Gasteiger partial charge is 0.573 e. The molecule has 166 valence electrons. The molecule has 0 radical (unpaired) electrons. The van der Waals surface area contributed by atoms with Crippen molar-refractivity contribution in [2.75, 3.05) is 19.7 Å². The van der Waals surface area contributed by atoms with Crippen LogP contribution in [0.3, 0.4) is 0 Å². The summed E-state index contributed by atoms with van der Waals surface area (Å²) < 4.78 is 65.9. The summed E-state index contributed by atoms with van der Waals surface area (Å²) in [7, 11) is 0. The maximum absolute atomic E-state index is 14.3. The molecule has 0 amide bonds. The Morgan fingerprint density at radius 1 is 1.17 bits per heavy atom. The molecule has 0 spiro atoms. The molecule has 30 heavy (non-hydrogen) atoms. The Kier molecular flexibility index (Phi) is 6.26. The zero-order valence-electron chi connectivity index (χ0n) is 17.3. The molecule has 2 heterocycles. The number of hydrogen-bond donors (Lipinski definition) is 0. The molecule has 1 aromatic carbocycles. The number of hydrogen-bond acceptors (Lipinski definition) is 6. The summed E-state index contributed by atoms with van der Waals surface area (Å²) >= 11 is 0. The van der Waals surface area contributed by atoms with Crippen LogP contribution in [0, 0.1) is 5.82 Å². The van der Waals surface area contributed by atoms with E-state index in [0.29, 0.717) is 37.6 Å². The van der Waals surface area contributed by atoms with Gasteiger partial charge in [-0.15, -0.1) is 13.2 Å². The minimum absolute atomic E-state index is 0.126. The van der Waals surface area contributed by atoms with Gasteiger partial charge in [-0.25, -0.2) is 4.39 Å². The van der Waals surface area contributed by atoms with Gasteiger partial charge >= 0.3 is 12.4 Å². The number of ether oxygens (including phenoxy) is 2. The van der Waals surface area contributed by atoms with Gasteiger partial charge in [0.1, 0.15) is 0 Å². The normalized spacial score (nSPS) is 20.9. The van der Waals surface area contributed by atoms with E-state index >= 15 is 0 Å². The average Bonchev–Trinajstić information content (AvgIpc) is 3.10. The summed E-state index contributed by atoms with van der Waals surface area (Å²) in [4.78, 5) is 6.51. The SMILES string of the molecule is CCOc1noc(C2CC(c3ccc(OC(F)(F)F)c(F)c3)CN(C(C)(C)C)C2)n1. The van der Waals surface area contributed by atoms with E-state index in [2.05, 4.69) is 40.5 Å². The maximum atomic E-state index is 14.3. The van der Waals surface area contributed by atoms with Crippen LogP contribution < -0.4 is 9.47 Å². The standard InChI is InChI=1S/C20H25F4N3O3/c1-5-28-18-25-17(30-26-18)14-8-13(10-27(11-14)19(2,3)4)12-6-7-16(15(21)9-12)29-20(22,23)24/h6-7,9,13-14H,5,8,10-11H2,1-4H3. The summed E-state index contributed by atoms with van der Waals surface area (Å²) in [5.74, 6) is -1.73. The lowest BCUT2D eigenvalue weighted by Crippen LogP contribution is -2.49. The summed E-state index contributed by atoms with van der Waals surface area (Å²) in [5.41, 5.74) is 0.405. The van der Waals surface area contributed by atoms with Crippen molar-refractivity contribution < 1.29 is 31.6 Å². The number of halogens is 4. The van der Waals surface area contributed by atoms with E-state index in [1.54, 1.807) is 0 Å². The zero-order chi connectivity index (χ0) is 22.1. The highest BCUT2D eigenvalue weighted by molar-refractivity contribution is 5.32. The molecule has 10 heteroatoms. The molecule has 1 aliphatic rings. The highest BCUT2D eigenvalue weighted by Gasteiger charge is 2.37.